The minimum Gasteiger partial charge on any atom is -0.326 e. The topological polar surface area (TPSA) is 75.4 Å². The van der Waals surface area contributed by atoms with E-state index in [1.165, 1.54) is 0 Å². The fourth-order valence-corrected chi connectivity index (χ4v) is 3.76. The Morgan fingerprint density at radius 2 is 1.75 bits per heavy atom. The van der Waals surface area contributed by atoms with E-state index in [1.807, 2.05) is 12.1 Å². The molecule has 5 nitrogen and oxygen atoms in total. The van der Waals surface area contributed by atoms with Crippen LogP contribution in [-0.2, 0) is 17.5 Å². The molecule has 0 heterocycles. The Labute approximate surface area is 171 Å². The molecule has 1 atom stereocenters. The monoisotopic (exact) mass is 413 g/mol. The number of hydrogen-bond acceptors (Lipinski definition) is 3. The number of rotatable bonds is 6. The van der Waals surface area contributed by atoms with Crippen molar-refractivity contribution in [2.45, 2.75) is 11.4 Å². The quantitative estimate of drug-likeness (QED) is 0.635. The number of amides is 1. The highest BCUT2D eigenvalue weighted by molar-refractivity contribution is 7.86. The van der Waals surface area contributed by atoms with Crippen LogP contribution >= 0.6 is 11.6 Å². The van der Waals surface area contributed by atoms with Crippen LogP contribution in [0.15, 0.2) is 77.7 Å². The molecule has 144 valence electrons. The molecule has 0 spiro atoms. The van der Waals surface area contributed by atoms with Crippen molar-refractivity contribution >= 4 is 39.9 Å². The van der Waals surface area contributed by atoms with E-state index in [0.29, 0.717) is 27.7 Å². The molecule has 0 aliphatic carbocycles. The minimum atomic E-state index is -1.47. The molecule has 1 amide bonds. The van der Waals surface area contributed by atoms with Crippen LogP contribution in [0.25, 0.3) is 0 Å². The summed E-state index contributed by atoms with van der Waals surface area (Å²) in [6.07, 6.45) is 0. The van der Waals surface area contributed by atoms with E-state index in [0.717, 1.165) is 11.3 Å². The van der Waals surface area contributed by atoms with E-state index >= 15 is 0 Å². The lowest BCUT2D eigenvalue weighted by atomic mass is 10.2. The van der Waals surface area contributed by atoms with Gasteiger partial charge in [-0.2, -0.15) is 0 Å². The predicted molar refractivity (Wildman–Crippen MR) is 115 cm³/mol. The predicted octanol–water partition coefficient (Wildman–Crippen LogP) is 4.21. The molecular weight excluding hydrogens is 394 g/mol. The molecule has 0 aliphatic heterocycles. The van der Waals surface area contributed by atoms with E-state index in [4.69, 9.17) is 17.3 Å². The van der Waals surface area contributed by atoms with Gasteiger partial charge in [-0.15, -0.1) is 0 Å². The van der Waals surface area contributed by atoms with Gasteiger partial charge in [-0.25, -0.2) is 4.21 Å². The first-order valence-corrected chi connectivity index (χ1v) is 10.1. The summed E-state index contributed by atoms with van der Waals surface area (Å²) in [7, 11) is 0.260. The van der Waals surface area contributed by atoms with Gasteiger partial charge in [0.1, 0.15) is 0 Å². The van der Waals surface area contributed by atoms with Crippen molar-refractivity contribution in [3.63, 3.8) is 0 Å². The summed E-state index contributed by atoms with van der Waals surface area (Å²) in [5.74, 6) is -0.270. The molecule has 3 N–H and O–H groups in total. The number of carbonyl (C=O) groups is 1. The Balaban J connectivity index is 1.75. The average molecular weight is 414 g/mol. The van der Waals surface area contributed by atoms with Gasteiger partial charge in [0.25, 0.3) is 5.91 Å². The van der Waals surface area contributed by atoms with Crippen molar-refractivity contribution in [2.75, 3.05) is 16.7 Å². The largest absolute Gasteiger partial charge is 0.326 e. The Kier molecular flexibility index (Phi) is 6.46. The lowest BCUT2D eigenvalue weighted by Gasteiger charge is -2.18. The average Bonchev–Trinajstić information content (AvgIpc) is 2.74. The number of nitrogens with zero attached hydrogens (tertiary/aromatic N) is 1. The molecular formula is C21H20ClN3O2S. The van der Waals surface area contributed by atoms with Crippen molar-refractivity contribution in [1.82, 2.24) is 0 Å². The van der Waals surface area contributed by atoms with Gasteiger partial charge in [-0.1, -0.05) is 29.8 Å². The number of carbonyl (C=O) groups excluding carboxylic acids is 1. The van der Waals surface area contributed by atoms with Crippen LogP contribution in [0.2, 0.25) is 5.02 Å². The van der Waals surface area contributed by atoms with Crippen LogP contribution in [0.5, 0.6) is 0 Å². The summed E-state index contributed by atoms with van der Waals surface area (Å²) in [4.78, 5) is 13.1. The van der Waals surface area contributed by atoms with Crippen LogP contribution < -0.4 is 15.4 Å². The second-order valence-corrected chi connectivity index (χ2v) is 8.06. The summed E-state index contributed by atoms with van der Waals surface area (Å²) >= 11 is 5.91. The highest BCUT2D eigenvalue weighted by Crippen LogP contribution is 2.22. The molecule has 7 heteroatoms. The third-order valence-electron chi connectivity index (χ3n) is 4.18. The molecule has 1 unspecified atom stereocenters. The summed E-state index contributed by atoms with van der Waals surface area (Å²) in [6, 6.07) is 21.2. The number of nitrogens with two attached hydrogens (primary N) is 1. The summed E-state index contributed by atoms with van der Waals surface area (Å²) in [6.45, 7) is 0.448. The zero-order chi connectivity index (χ0) is 20.1. The zero-order valence-electron chi connectivity index (χ0n) is 15.3. The van der Waals surface area contributed by atoms with E-state index in [9.17, 15) is 9.00 Å². The Bertz CT molecular complexity index is 991. The Morgan fingerprint density at radius 1 is 1.07 bits per heavy atom. The summed E-state index contributed by atoms with van der Waals surface area (Å²) < 4.78 is 14.5. The van der Waals surface area contributed by atoms with Crippen molar-refractivity contribution in [3.8, 4) is 0 Å². The third-order valence-corrected chi connectivity index (χ3v) is 5.80. The SMILES string of the molecule is CN(c1ccc(Cl)cc1)S(=O)c1cccc(C(=O)Nc2ccc(CN)cc2)c1. The van der Waals surface area contributed by atoms with Crippen LogP contribution in [0.4, 0.5) is 11.4 Å². The molecule has 3 aromatic carbocycles. The van der Waals surface area contributed by atoms with Crippen molar-refractivity contribution < 1.29 is 9.00 Å². The molecule has 3 rings (SSSR count). The maximum absolute atomic E-state index is 12.9. The standard InChI is InChI=1S/C21H20ClN3O2S/c1-25(19-11-7-17(22)8-12-19)28(27)20-4-2-3-16(13-20)21(26)24-18-9-5-15(14-23)6-10-18/h2-13H,14,23H2,1H3,(H,24,26). The molecule has 0 saturated carbocycles. The van der Waals surface area contributed by atoms with Crippen LogP contribution in [-0.4, -0.2) is 17.2 Å². The minimum absolute atomic E-state index is 0.270. The number of halogens is 1. The maximum atomic E-state index is 12.9. The second kappa shape index (κ2) is 9.01. The zero-order valence-corrected chi connectivity index (χ0v) is 16.8. The van der Waals surface area contributed by atoms with E-state index in [1.54, 1.807) is 72.0 Å². The fourth-order valence-electron chi connectivity index (χ4n) is 2.58. The number of benzene rings is 3. The van der Waals surface area contributed by atoms with E-state index in [-0.39, 0.29) is 5.91 Å². The number of hydrogen-bond donors (Lipinski definition) is 2. The summed E-state index contributed by atoms with van der Waals surface area (Å²) in [5, 5.41) is 3.45. The maximum Gasteiger partial charge on any atom is 0.255 e. The highest BCUT2D eigenvalue weighted by Gasteiger charge is 2.14. The van der Waals surface area contributed by atoms with Crippen LogP contribution in [0.3, 0.4) is 0 Å². The van der Waals surface area contributed by atoms with Gasteiger partial charge >= 0.3 is 0 Å². The number of anilines is 2. The van der Waals surface area contributed by atoms with Gasteiger partial charge in [0.05, 0.1) is 4.90 Å². The lowest BCUT2D eigenvalue weighted by Crippen LogP contribution is -2.21. The normalized spacial score (nSPS) is 11.7. The van der Waals surface area contributed by atoms with Crippen molar-refractivity contribution in [2.24, 2.45) is 5.73 Å². The highest BCUT2D eigenvalue weighted by atomic mass is 35.5. The molecule has 0 radical (unpaired) electrons. The van der Waals surface area contributed by atoms with Gasteiger partial charge in [0.15, 0.2) is 11.0 Å². The Hall–Kier alpha value is -2.67. The van der Waals surface area contributed by atoms with Gasteiger partial charge < -0.3 is 11.1 Å². The van der Waals surface area contributed by atoms with Crippen LogP contribution in [0.1, 0.15) is 15.9 Å². The fraction of sp³-hybridized carbons (Fsp3) is 0.0952. The van der Waals surface area contributed by atoms with Crippen molar-refractivity contribution in [3.05, 3.63) is 88.9 Å². The van der Waals surface area contributed by atoms with Gasteiger partial charge in [-0.05, 0) is 60.2 Å². The third kappa shape index (κ3) is 4.78. The lowest BCUT2D eigenvalue weighted by molar-refractivity contribution is 0.102. The van der Waals surface area contributed by atoms with E-state index in [2.05, 4.69) is 5.32 Å². The van der Waals surface area contributed by atoms with Crippen LogP contribution in [0, 0.1) is 0 Å². The number of nitrogens with one attached hydrogen (secondary N) is 1. The van der Waals surface area contributed by atoms with E-state index < -0.39 is 11.0 Å². The molecule has 0 fully saturated rings. The first-order chi connectivity index (χ1) is 13.5. The molecule has 3 aromatic rings. The molecule has 0 aromatic heterocycles. The second-order valence-electron chi connectivity index (χ2n) is 6.11. The van der Waals surface area contributed by atoms with Crippen molar-refractivity contribution in [1.29, 1.82) is 0 Å². The molecule has 0 bridgehead atoms. The molecule has 0 aliphatic rings. The first-order valence-electron chi connectivity index (χ1n) is 8.59. The van der Waals surface area contributed by atoms with Gasteiger partial charge in [-0.3, -0.25) is 9.10 Å². The van der Waals surface area contributed by atoms with Gasteiger partial charge in [0.2, 0.25) is 0 Å². The Morgan fingerprint density at radius 3 is 2.39 bits per heavy atom. The summed E-state index contributed by atoms with van der Waals surface area (Å²) in [5.41, 5.74) is 8.43. The first kappa shape index (κ1) is 20.1. The molecule has 0 saturated heterocycles. The van der Waals surface area contributed by atoms with Gasteiger partial charge in [0, 0.05) is 35.6 Å². The smallest absolute Gasteiger partial charge is 0.255 e. The molecule has 28 heavy (non-hydrogen) atoms.